The highest BCUT2D eigenvalue weighted by molar-refractivity contribution is 6.35. The lowest BCUT2D eigenvalue weighted by Crippen LogP contribution is -2.12. The quantitative estimate of drug-likeness (QED) is 0.511. The molecular formula is C22H21Cl2NO2. The van der Waals surface area contributed by atoms with Crippen molar-refractivity contribution in [1.29, 1.82) is 0 Å². The molecule has 3 aromatic carbocycles. The first-order valence-corrected chi connectivity index (χ1v) is 9.39. The Hall–Kier alpha value is -2.20. The zero-order valence-electron chi connectivity index (χ0n) is 15.0. The average Bonchev–Trinajstić information content (AvgIpc) is 2.68. The van der Waals surface area contributed by atoms with Crippen LogP contribution in [-0.4, -0.2) is 7.11 Å². The van der Waals surface area contributed by atoms with E-state index in [1.54, 1.807) is 7.11 Å². The molecule has 0 bridgehead atoms. The van der Waals surface area contributed by atoms with Crippen LogP contribution in [0.25, 0.3) is 0 Å². The molecule has 0 radical (unpaired) electrons. The van der Waals surface area contributed by atoms with E-state index in [0.717, 1.165) is 35.7 Å². The SMILES string of the molecule is COc1ccc(CNCc2cccc(OCc3c(Cl)cccc3Cl)c2)cc1. The maximum atomic E-state index is 6.19. The van der Waals surface area contributed by atoms with Crippen LogP contribution in [-0.2, 0) is 19.7 Å². The Morgan fingerprint density at radius 2 is 1.44 bits per heavy atom. The molecule has 0 unspecified atom stereocenters. The molecule has 0 fully saturated rings. The highest BCUT2D eigenvalue weighted by Gasteiger charge is 2.06. The van der Waals surface area contributed by atoms with Gasteiger partial charge in [0.25, 0.3) is 0 Å². The first kappa shape index (κ1) is 19.6. The molecule has 0 aliphatic heterocycles. The molecule has 0 heterocycles. The molecule has 0 aliphatic carbocycles. The Kier molecular flexibility index (Phi) is 6.99. The van der Waals surface area contributed by atoms with Crippen molar-refractivity contribution in [3.8, 4) is 11.5 Å². The molecule has 5 heteroatoms. The summed E-state index contributed by atoms with van der Waals surface area (Å²) < 4.78 is 11.0. The van der Waals surface area contributed by atoms with Gasteiger partial charge in [0.2, 0.25) is 0 Å². The molecule has 0 saturated carbocycles. The van der Waals surface area contributed by atoms with E-state index in [4.69, 9.17) is 32.7 Å². The van der Waals surface area contributed by atoms with Gasteiger partial charge >= 0.3 is 0 Å². The number of halogens is 2. The van der Waals surface area contributed by atoms with Crippen molar-refractivity contribution in [2.75, 3.05) is 7.11 Å². The Morgan fingerprint density at radius 3 is 2.15 bits per heavy atom. The Morgan fingerprint density at radius 1 is 0.778 bits per heavy atom. The maximum absolute atomic E-state index is 6.19. The highest BCUT2D eigenvalue weighted by atomic mass is 35.5. The van der Waals surface area contributed by atoms with Crippen molar-refractivity contribution in [3.63, 3.8) is 0 Å². The topological polar surface area (TPSA) is 30.5 Å². The second kappa shape index (κ2) is 9.65. The number of ether oxygens (including phenoxy) is 2. The van der Waals surface area contributed by atoms with Crippen molar-refractivity contribution in [2.24, 2.45) is 0 Å². The summed E-state index contributed by atoms with van der Waals surface area (Å²) in [4.78, 5) is 0. The largest absolute Gasteiger partial charge is 0.497 e. The van der Waals surface area contributed by atoms with Gasteiger partial charge < -0.3 is 14.8 Å². The van der Waals surface area contributed by atoms with E-state index in [0.29, 0.717) is 16.7 Å². The fraction of sp³-hybridized carbons (Fsp3) is 0.182. The Labute approximate surface area is 169 Å². The van der Waals surface area contributed by atoms with Crippen LogP contribution in [0.4, 0.5) is 0 Å². The number of rotatable bonds is 8. The van der Waals surface area contributed by atoms with Gasteiger partial charge in [0, 0.05) is 28.7 Å². The molecule has 0 amide bonds. The lowest BCUT2D eigenvalue weighted by Gasteiger charge is -2.11. The molecule has 0 aliphatic rings. The third-order valence-electron chi connectivity index (χ3n) is 4.16. The van der Waals surface area contributed by atoms with Crippen molar-refractivity contribution < 1.29 is 9.47 Å². The van der Waals surface area contributed by atoms with Crippen molar-refractivity contribution in [3.05, 3.63) is 93.5 Å². The fourth-order valence-corrected chi connectivity index (χ4v) is 3.17. The molecule has 3 aromatic rings. The van der Waals surface area contributed by atoms with Gasteiger partial charge in [-0.15, -0.1) is 0 Å². The second-order valence-corrected chi connectivity index (χ2v) is 6.90. The van der Waals surface area contributed by atoms with Crippen LogP contribution in [0.15, 0.2) is 66.7 Å². The van der Waals surface area contributed by atoms with Gasteiger partial charge in [-0.05, 0) is 47.5 Å². The van der Waals surface area contributed by atoms with E-state index in [1.165, 1.54) is 5.56 Å². The Bertz CT molecular complexity index is 861. The van der Waals surface area contributed by atoms with E-state index in [2.05, 4.69) is 23.5 Å². The zero-order valence-corrected chi connectivity index (χ0v) is 16.6. The Balaban J connectivity index is 1.53. The zero-order chi connectivity index (χ0) is 19.1. The smallest absolute Gasteiger partial charge is 0.120 e. The summed E-state index contributed by atoms with van der Waals surface area (Å²) >= 11 is 12.4. The van der Waals surface area contributed by atoms with Crippen molar-refractivity contribution in [2.45, 2.75) is 19.7 Å². The van der Waals surface area contributed by atoms with E-state index < -0.39 is 0 Å². The molecule has 0 spiro atoms. The van der Waals surface area contributed by atoms with Gasteiger partial charge in [0.1, 0.15) is 18.1 Å². The minimum atomic E-state index is 0.335. The standard InChI is InChI=1S/C22H21Cl2NO2/c1-26-18-10-8-16(9-11-18)13-25-14-17-4-2-5-19(12-17)27-15-20-21(23)6-3-7-22(20)24/h2-12,25H,13-15H2,1H3. The van der Waals surface area contributed by atoms with Gasteiger partial charge in [-0.2, -0.15) is 0 Å². The average molecular weight is 402 g/mol. The van der Waals surface area contributed by atoms with Crippen LogP contribution in [0.3, 0.4) is 0 Å². The summed E-state index contributed by atoms with van der Waals surface area (Å²) in [6.45, 7) is 1.86. The van der Waals surface area contributed by atoms with Crippen LogP contribution in [0.5, 0.6) is 11.5 Å². The minimum Gasteiger partial charge on any atom is -0.497 e. The summed E-state index contributed by atoms with van der Waals surface area (Å²) in [5.41, 5.74) is 3.15. The molecular weight excluding hydrogens is 381 g/mol. The third kappa shape index (κ3) is 5.64. The molecule has 1 N–H and O–H groups in total. The number of hydrogen-bond donors (Lipinski definition) is 1. The van der Waals surface area contributed by atoms with Gasteiger partial charge in [-0.1, -0.05) is 53.5 Å². The molecule has 0 atom stereocenters. The minimum absolute atomic E-state index is 0.335. The maximum Gasteiger partial charge on any atom is 0.120 e. The van der Waals surface area contributed by atoms with Crippen LogP contribution < -0.4 is 14.8 Å². The summed E-state index contributed by atoms with van der Waals surface area (Å²) in [7, 11) is 1.67. The summed E-state index contributed by atoms with van der Waals surface area (Å²) in [6.07, 6.45) is 0. The van der Waals surface area contributed by atoms with E-state index in [-0.39, 0.29) is 0 Å². The van der Waals surface area contributed by atoms with Gasteiger partial charge in [-0.25, -0.2) is 0 Å². The van der Waals surface area contributed by atoms with E-state index in [1.807, 2.05) is 48.5 Å². The first-order valence-electron chi connectivity index (χ1n) is 8.64. The first-order chi connectivity index (χ1) is 13.2. The summed E-state index contributed by atoms with van der Waals surface area (Å²) in [5, 5.41) is 4.66. The second-order valence-electron chi connectivity index (χ2n) is 6.09. The lowest BCUT2D eigenvalue weighted by atomic mass is 10.2. The predicted molar refractivity (Wildman–Crippen MR) is 111 cm³/mol. The molecule has 3 nitrogen and oxygen atoms in total. The number of methoxy groups -OCH3 is 1. The number of nitrogens with one attached hydrogen (secondary N) is 1. The molecule has 27 heavy (non-hydrogen) atoms. The van der Waals surface area contributed by atoms with Crippen LogP contribution in [0.2, 0.25) is 10.0 Å². The van der Waals surface area contributed by atoms with E-state index in [9.17, 15) is 0 Å². The van der Waals surface area contributed by atoms with Crippen molar-refractivity contribution >= 4 is 23.2 Å². The van der Waals surface area contributed by atoms with Crippen molar-refractivity contribution in [1.82, 2.24) is 5.32 Å². The summed E-state index contributed by atoms with van der Waals surface area (Å²) in [5.74, 6) is 1.65. The normalized spacial score (nSPS) is 10.6. The fourth-order valence-electron chi connectivity index (χ4n) is 2.67. The van der Waals surface area contributed by atoms with Crippen LogP contribution in [0.1, 0.15) is 16.7 Å². The molecule has 0 saturated heterocycles. The lowest BCUT2D eigenvalue weighted by molar-refractivity contribution is 0.306. The van der Waals surface area contributed by atoms with Crippen LogP contribution in [0, 0.1) is 0 Å². The number of benzene rings is 3. The van der Waals surface area contributed by atoms with E-state index >= 15 is 0 Å². The van der Waals surface area contributed by atoms with Gasteiger partial charge in [-0.3, -0.25) is 0 Å². The van der Waals surface area contributed by atoms with Gasteiger partial charge in [0.05, 0.1) is 7.11 Å². The molecule has 3 rings (SSSR count). The highest BCUT2D eigenvalue weighted by Crippen LogP contribution is 2.26. The molecule has 0 aromatic heterocycles. The molecule has 140 valence electrons. The predicted octanol–water partition coefficient (Wildman–Crippen LogP) is 5.87. The van der Waals surface area contributed by atoms with Gasteiger partial charge in [0.15, 0.2) is 0 Å². The number of hydrogen-bond acceptors (Lipinski definition) is 3. The van der Waals surface area contributed by atoms with Crippen LogP contribution >= 0.6 is 23.2 Å². The monoisotopic (exact) mass is 401 g/mol. The summed E-state index contributed by atoms with van der Waals surface area (Å²) in [6, 6.07) is 21.5. The third-order valence-corrected chi connectivity index (χ3v) is 4.87.